The quantitative estimate of drug-likeness (QED) is 0.0682. The monoisotopic (exact) mass is 687 g/mol. The van der Waals surface area contributed by atoms with E-state index in [9.17, 15) is 18.6 Å². The fourth-order valence-electron chi connectivity index (χ4n) is 5.42. The second-order valence-electron chi connectivity index (χ2n) is 10.8. The third kappa shape index (κ3) is 6.65. The Morgan fingerprint density at radius 2 is 1.79 bits per heavy atom. The van der Waals surface area contributed by atoms with Crippen molar-refractivity contribution in [2.24, 2.45) is 5.16 Å². The maximum absolute atomic E-state index is 14.3. The number of ether oxygens (including phenoxy) is 1. The smallest absolute Gasteiger partial charge is 0.356 e. The number of pyridine rings is 1. The zero-order valence-corrected chi connectivity index (χ0v) is 27.2. The Hall–Kier alpha value is -5.48. The van der Waals surface area contributed by atoms with Crippen LogP contribution in [-0.4, -0.2) is 65.7 Å². The Morgan fingerprint density at radius 1 is 1.10 bits per heavy atom. The lowest BCUT2D eigenvalue weighted by atomic mass is 10.0. The molecule has 246 valence electrons. The van der Waals surface area contributed by atoms with Gasteiger partial charge in [-0.25, -0.2) is 4.79 Å². The highest BCUT2D eigenvalue weighted by Crippen LogP contribution is 2.37. The largest absolute Gasteiger partial charge is 0.448 e. The topological polar surface area (TPSA) is 196 Å². The van der Waals surface area contributed by atoms with Gasteiger partial charge in [-0.3, -0.25) is 18.7 Å². The molecule has 2 aliphatic heterocycles. The summed E-state index contributed by atoms with van der Waals surface area (Å²) in [6.07, 6.45) is 2.61. The van der Waals surface area contributed by atoms with Gasteiger partial charge in [-0.2, -0.15) is 13.9 Å². The number of carbonyl (C=O) groups excluding carboxylic acids is 3. The van der Waals surface area contributed by atoms with Crippen molar-refractivity contribution in [3.8, 4) is 0 Å². The average molecular weight is 688 g/mol. The summed E-state index contributed by atoms with van der Waals surface area (Å²) in [4.78, 5) is 51.7. The van der Waals surface area contributed by atoms with Crippen molar-refractivity contribution in [3.05, 3.63) is 113 Å². The van der Waals surface area contributed by atoms with E-state index in [1.54, 1.807) is 36.0 Å². The van der Waals surface area contributed by atoms with Gasteiger partial charge in [0.15, 0.2) is 30.2 Å². The molecule has 0 radical (unpaired) electrons. The molecule has 5 N–H and O–H groups in total. The lowest BCUT2D eigenvalue weighted by Gasteiger charge is -2.49. The van der Waals surface area contributed by atoms with E-state index in [2.05, 4.69) is 19.8 Å². The fraction of sp³-hybridized carbons (Fsp3) is 0.219. The standard InChI is InChI=1S/C32H30N8O6S2/c1-2-45-37-23(27-36-32(34)47-38-27)28(41)35-24-29(42)40-25(21(18-48(44)30(24)40)16-39-15-9-14-22(33)17-39)31(43)46-26(19-10-5-3-6-11-19)20-12-7-4-8-13-20/h3-15,17,24,26,30H,2,16,18,33H2,1H3,(H2-,34,35,36,38,41)/p+1/t24?,30-,48?/m0/s1. The number of fused-ring (bicyclic) bond motifs is 1. The van der Waals surface area contributed by atoms with Gasteiger partial charge in [0.2, 0.25) is 11.5 Å². The number of carbonyl (C=O) groups is 3. The van der Waals surface area contributed by atoms with Crippen molar-refractivity contribution >= 4 is 56.6 Å². The Bertz CT molecular complexity index is 1900. The van der Waals surface area contributed by atoms with Crippen LogP contribution in [0.15, 0.2) is 102 Å². The van der Waals surface area contributed by atoms with Crippen LogP contribution in [0.2, 0.25) is 0 Å². The predicted molar refractivity (Wildman–Crippen MR) is 177 cm³/mol. The van der Waals surface area contributed by atoms with Crippen molar-refractivity contribution in [1.82, 2.24) is 19.6 Å². The first-order valence-corrected chi connectivity index (χ1v) is 17.0. The Kier molecular flexibility index (Phi) is 9.54. The van der Waals surface area contributed by atoms with Crippen molar-refractivity contribution in [3.63, 3.8) is 0 Å². The van der Waals surface area contributed by atoms with E-state index >= 15 is 0 Å². The third-order valence-corrected chi connectivity index (χ3v) is 9.72. The molecule has 2 aromatic carbocycles. The van der Waals surface area contributed by atoms with Gasteiger partial charge in [0.25, 0.3) is 11.8 Å². The van der Waals surface area contributed by atoms with E-state index in [-0.39, 0.29) is 41.3 Å². The van der Waals surface area contributed by atoms with Gasteiger partial charge in [-0.05, 0) is 24.1 Å². The number of β-lactam (4-membered cyclic amide) rings is 1. The molecular formula is C32H31N8O6S2+. The molecule has 2 aromatic heterocycles. The highest BCUT2D eigenvalue weighted by molar-refractivity contribution is 7.86. The molecule has 6 rings (SSSR count). The van der Waals surface area contributed by atoms with Gasteiger partial charge in [0.05, 0.1) is 22.2 Å². The number of rotatable bonds is 11. The van der Waals surface area contributed by atoms with E-state index in [4.69, 9.17) is 21.0 Å². The summed E-state index contributed by atoms with van der Waals surface area (Å²) in [5, 5.41) is 5.45. The Labute approximate surface area is 281 Å². The van der Waals surface area contributed by atoms with Gasteiger partial charge in [-0.1, -0.05) is 65.8 Å². The minimum atomic E-state index is -1.73. The highest BCUT2D eigenvalue weighted by Gasteiger charge is 2.58. The van der Waals surface area contributed by atoms with Gasteiger partial charge < -0.3 is 26.4 Å². The molecule has 4 heterocycles. The van der Waals surface area contributed by atoms with Crippen LogP contribution in [0.4, 0.5) is 10.8 Å². The van der Waals surface area contributed by atoms with E-state index in [1.165, 1.54) is 0 Å². The number of hydrogen-bond donors (Lipinski definition) is 3. The summed E-state index contributed by atoms with van der Waals surface area (Å²) >= 11 is 0.857. The Balaban J connectivity index is 1.34. The fourth-order valence-corrected chi connectivity index (χ4v) is 7.53. The lowest BCUT2D eigenvalue weighted by Crippen LogP contribution is -2.74. The van der Waals surface area contributed by atoms with Gasteiger partial charge >= 0.3 is 5.97 Å². The van der Waals surface area contributed by atoms with Crippen LogP contribution in [-0.2, 0) is 41.3 Å². The molecular weight excluding hydrogens is 657 g/mol. The van der Waals surface area contributed by atoms with E-state index in [0.29, 0.717) is 11.3 Å². The van der Waals surface area contributed by atoms with Crippen molar-refractivity contribution in [2.45, 2.75) is 31.0 Å². The number of aromatic nitrogens is 3. The minimum Gasteiger partial charge on any atom is -0.448 e. The molecule has 3 atom stereocenters. The normalized spacial score (nSPS) is 19.0. The SMILES string of the molecule is CCON=C(C(=O)NC1C(=O)N2C(C(=O)OC(c3ccccc3)c3ccccc3)=C(C[n+]3cccc(N)c3)CS(=O)[C@@H]12)c1nsc(N)n1. The minimum absolute atomic E-state index is 0.0426. The molecule has 0 saturated carbocycles. The number of nitrogens with zero attached hydrogens (tertiary/aromatic N) is 5. The van der Waals surface area contributed by atoms with Crippen molar-refractivity contribution in [2.75, 3.05) is 23.8 Å². The predicted octanol–water partition coefficient (Wildman–Crippen LogP) is 1.43. The molecule has 4 aromatic rings. The summed E-state index contributed by atoms with van der Waals surface area (Å²) in [5.41, 5.74) is 13.7. The third-order valence-electron chi connectivity index (χ3n) is 7.52. The molecule has 48 heavy (non-hydrogen) atoms. The van der Waals surface area contributed by atoms with Crippen LogP contribution in [0.5, 0.6) is 0 Å². The van der Waals surface area contributed by atoms with Crippen LogP contribution in [0.1, 0.15) is 30.0 Å². The lowest BCUT2D eigenvalue weighted by molar-refractivity contribution is -0.688. The molecule has 0 bridgehead atoms. The Morgan fingerprint density at radius 3 is 2.40 bits per heavy atom. The molecule has 0 spiro atoms. The van der Waals surface area contributed by atoms with E-state index in [1.807, 2.05) is 60.7 Å². The van der Waals surface area contributed by atoms with Crippen LogP contribution in [0.25, 0.3) is 0 Å². The highest BCUT2D eigenvalue weighted by atomic mass is 32.2. The number of nitrogens with two attached hydrogens (primary N) is 2. The van der Waals surface area contributed by atoms with Crippen molar-refractivity contribution < 1.29 is 32.7 Å². The zero-order chi connectivity index (χ0) is 33.8. The first-order chi connectivity index (χ1) is 23.2. The number of hydrogen-bond acceptors (Lipinski definition) is 12. The first-order valence-electron chi connectivity index (χ1n) is 14.8. The van der Waals surface area contributed by atoms with Crippen LogP contribution in [0.3, 0.4) is 0 Å². The van der Waals surface area contributed by atoms with Crippen LogP contribution in [0, 0.1) is 0 Å². The summed E-state index contributed by atoms with van der Waals surface area (Å²) in [7, 11) is -1.73. The van der Waals surface area contributed by atoms with Crippen molar-refractivity contribution in [1.29, 1.82) is 0 Å². The number of oxime groups is 1. The molecule has 2 unspecified atom stereocenters. The number of anilines is 2. The summed E-state index contributed by atoms with van der Waals surface area (Å²) in [5.74, 6) is -2.43. The van der Waals surface area contributed by atoms with Gasteiger partial charge in [-0.15, -0.1) is 0 Å². The number of nitrogens with one attached hydrogen (secondary N) is 1. The molecule has 16 heteroatoms. The van der Waals surface area contributed by atoms with Gasteiger partial charge in [0.1, 0.15) is 23.7 Å². The van der Waals surface area contributed by atoms with Crippen LogP contribution < -0.4 is 21.4 Å². The summed E-state index contributed by atoms with van der Waals surface area (Å²) in [6, 6.07) is 20.6. The number of benzene rings is 2. The molecule has 1 fully saturated rings. The molecule has 0 aliphatic carbocycles. The van der Waals surface area contributed by atoms with E-state index in [0.717, 1.165) is 27.6 Å². The maximum atomic E-state index is 14.3. The van der Waals surface area contributed by atoms with Crippen LogP contribution >= 0.6 is 11.5 Å². The maximum Gasteiger partial charge on any atom is 0.356 e. The summed E-state index contributed by atoms with van der Waals surface area (Å²) in [6.45, 7) is 1.93. The molecule has 2 amide bonds. The molecule has 2 aliphatic rings. The van der Waals surface area contributed by atoms with Gasteiger partial charge in [0, 0.05) is 23.2 Å². The zero-order valence-electron chi connectivity index (χ0n) is 25.6. The number of esters is 1. The number of nitrogen functional groups attached to an aromatic ring is 2. The number of amides is 2. The molecule has 14 nitrogen and oxygen atoms in total. The first kappa shape index (κ1) is 32.5. The summed E-state index contributed by atoms with van der Waals surface area (Å²) < 4.78 is 25.7. The average Bonchev–Trinajstić information content (AvgIpc) is 3.52. The second-order valence-corrected chi connectivity index (χ2v) is 13.1. The second kappa shape index (κ2) is 14.1. The van der Waals surface area contributed by atoms with E-state index < -0.39 is 46.1 Å². The molecule has 1 saturated heterocycles.